The van der Waals surface area contributed by atoms with Gasteiger partial charge >= 0.3 is 0 Å². The van der Waals surface area contributed by atoms with Crippen LogP contribution in [0.25, 0.3) is 0 Å². The highest BCUT2D eigenvalue weighted by Gasteiger charge is 2.17. The number of nitrogen functional groups attached to an aromatic ring is 1. The molecule has 2 N–H and O–H groups in total. The predicted molar refractivity (Wildman–Crippen MR) is 43.1 cm³/mol. The summed E-state index contributed by atoms with van der Waals surface area (Å²) in [6.07, 6.45) is -2.91. The first-order valence-corrected chi connectivity index (χ1v) is 3.88. The minimum Gasteiger partial charge on any atom is -0.381 e. The second kappa shape index (κ2) is 3.83. The first kappa shape index (κ1) is 10.1. The summed E-state index contributed by atoms with van der Waals surface area (Å²) in [6.45, 7) is 0. The molecule has 0 saturated carbocycles. The van der Waals surface area contributed by atoms with Gasteiger partial charge in [0.05, 0.1) is 17.1 Å². The van der Waals surface area contributed by atoms with Crippen LogP contribution in [-0.2, 0) is 5.88 Å². The van der Waals surface area contributed by atoms with E-state index in [9.17, 15) is 13.2 Å². The third-order valence-electron chi connectivity index (χ3n) is 1.44. The van der Waals surface area contributed by atoms with Gasteiger partial charge in [-0.3, -0.25) is 0 Å². The van der Waals surface area contributed by atoms with E-state index in [-0.39, 0.29) is 11.6 Å². The van der Waals surface area contributed by atoms with Crippen molar-refractivity contribution in [3.05, 3.63) is 23.1 Å². The van der Waals surface area contributed by atoms with Gasteiger partial charge in [0.25, 0.3) is 6.43 Å². The monoisotopic (exact) mass is 210 g/mol. The van der Waals surface area contributed by atoms with Crippen molar-refractivity contribution in [1.82, 2.24) is 4.98 Å². The molecule has 1 aromatic rings. The maximum Gasteiger partial charge on any atom is 0.266 e. The van der Waals surface area contributed by atoms with E-state index in [1.165, 1.54) is 0 Å². The van der Waals surface area contributed by atoms with E-state index >= 15 is 0 Å². The van der Waals surface area contributed by atoms with Crippen molar-refractivity contribution in [2.75, 3.05) is 5.73 Å². The summed E-state index contributed by atoms with van der Waals surface area (Å²) in [6, 6.07) is 0.906. The SMILES string of the molecule is Nc1nc(CCl)cc(C(F)F)c1F. The predicted octanol–water partition coefficient (Wildman–Crippen LogP) is 2.48. The van der Waals surface area contributed by atoms with Gasteiger partial charge in [-0.25, -0.2) is 18.2 Å². The molecule has 1 heterocycles. The molecule has 0 saturated heterocycles. The third-order valence-corrected chi connectivity index (χ3v) is 1.71. The van der Waals surface area contributed by atoms with Crippen LogP contribution in [0.15, 0.2) is 6.07 Å². The number of alkyl halides is 3. The van der Waals surface area contributed by atoms with E-state index in [1.807, 2.05) is 0 Å². The first-order valence-electron chi connectivity index (χ1n) is 3.35. The van der Waals surface area contributed by atoms with E-state index < -0.39 is 23.6 Å². The molecule has 0 atom stereocenters. The van der Waals surface area contributed by atoms with Crippen LogP contribution in [0.2, 0.25) is 0 Å². The van der Waals surface area contributed by atoms with Gasteiger partial charge in [0, 0.05) is 0 Å². The largest absolute Gasteiger partial charge is 0.381 e. The van der Waals surface area contributed by atoms with Gasteiger partial charge in [-0.2, -0.15) is 0 Å². The maximum atomic E-state index is 12.9. The molecule has 0 unspecified atom stereocenters. The summed E-state index contributed by atoms with van der Waals surface area (Å²) >= 11 is 5.34. The van der Waals surface area contributed by atoms with Crippen LogP contribution in [0.1, 0.15) is 17.7 Å². The molecule has 1 aromatic heterocycles. The van der Waals surface area contributed by atoms with Crippen LogP contribution < -0.4 is 5.73 Å². The normalized spacial score (nSPS) is 10.8. The number of aromatic nitrogens is 1. The number of pyridine rings is 1. The van der Waals surface area contributed by atoms with Crippen LogP contribution in [0.4, 0.5) is 19.0 Å². The average molecular weight is 211 g/mol. The molecule has 0 fully saturated rings. The number of hydrogen-bond acceptors (Lipinski definition) is 2. The standard InChI is InChI=1S/C7H6ClF3N2/c8-2-3-1-4(6(10)11)5(9)7(12)13-3/h1,6H,2H2,(H2,12,13). The number of rotatable bonds is 2. The second-order valence-corrected chi connectivity index (χ2v) is 2.60. The molecule has 0 amide bonds. The molecule has 1 rings (SSSR count). The minimum absolute atomic E-state index is 0.0792. The highest BCUT2D eigenvalue weighted by atomic mass is 35.5. The maximum absolute atomic E-state index is 12.9. The van der Waals surface area contributed by atoms with Crippen molar-refractivity contribution in [3.8, 4) is 0 Å². The average Bonchev–Trinajstić information content (AvgIpc) is 2.09. The van der Waals surface area contributed by atoms with Crippen LogP contribution in [-0.4, -0.2) is 4.98 Å². The first-order chi connectivity index (χ1) is 6.06. The fraction of sp³-hybridized carbons (Fsp3) is 0.286. The fourth-order valence-electron chi connectivity index (χ4n) is 0.854. The fourth-order valence-corrected chi connectivity index (χ4v) is 0.991. The molecule has 72 valence electrons. The van der Waals surface area contributed by atoms with Gasteiger partial charge in [0.2, 0.25) is 0 Å². The zero-order chi connectivity index (χ0) is 10.0. The number of nitrogens with zero attached hydrogens (tertiary/aromatic N) is 1. The lowest BCUT2D eigenvalue weighted by atomic mass is 10.2. The molecule has 2 nitrogen and oxygen atoms in total. The molecule has 0 aromatic carbocycles. The van der Waals surface area contributed by atoms with Crippen LogP contribution in [0.3, 0.4) is 0 Å². The summed E-state index contributed by atoms with van der Waals surface area (Å²) in [5.41, 5.74) is 4.43. The molecule has 13 heavy (non-hydrogen) atoms. The Morgan fingerprint density at radius 2 is 2.15 bits per heavy atom. The molecule has 0 aliphatic rings. The molecular weight excluding hydrogens is 205 g/mol. The zero-order valence-electron chi connectivity index (χ0n) is 6.40. The number of anilines is 1. The molecule has 0 aliphatic carbocycles. The summed E-state index contributed by atoms with van der Waals surface area (Å²) in [7, 11) is 0. The summed E-state index contributed by atoms with van der Waals surface area (Å²) in [5.74, 6) is -1.80. The lowest BCUT2D eigenvalue weighted by molar-refractivity contribution is 0.146. The molecular formula is C7H6ClF3N2. The molecule has 0 spiro atoms. The summed E-state index contributed by atoms with van der Waals surface area (Å²) < 4.78 is 37.2. The lowest BCUT2D eigenvalue weighted by Gasteiger charge is -2.05. The van der Waals surface area contributed by atoms with E-state index in [2.05, 4.69) is 4.98 Å². The Hall–Kier alpha value is -0.970. The van der Waals surface area contributed by atoms with Gasteiger partial charge in [-0.05, 0) is 6.07 Å². The van der Waals surface area contributed by atoms with Gasteiger partial charge in [-0.15, -0.1) is 11.6 Å². The molecule has 0 aliphatic heterocycles. The Labute approximate surface area is 77.5 Å². The highest BCUT2D eigenvalue weighted by molar-refractivity contribution is 6.16. The summed E-state index contributed by atoms with van der Waals surface area (Å²) in [5, 5.41) is 0. The third kappa shape index (κ3) is 2.03. The highest BCUT2D eigenvalue weighted by Crippen LogP contribution is 2.25. The second-order valence-electron chi connectivity index (χ2n) is 2.34. The van der Waals surface area contributed by atoms with Gasteiger partial charge < -0.3 is 5.73 Å². The van der Waals surface area contributed by atoms with Crippen molar-refractivity contribution < 1.29 is 13.2 Å². The Kier molecular flexibility index (Phi) is 2.98. The van der Waals surface area contributed by atoms with E-state index in [0.29, 0.717) is 0 Å². The number of halogens is 4. The van der Waals surface area contributed by atoms with Crippen molar-refractivity contribution in [3.63, 3.8) is 0 Å². The quantitative estimate of drug-likeness (QED) is 0.762. The zero-order valence-corrected chi connectivity index (χ0v) is 7.15. The Morgan fingerprint density at radius 1 is 1.54 bits per heavy atom. The van der Waals surface area contributed by atoms with E-state index in [0.717, 1.165) is 6.07 Å². The van der Waals surface area contributed by atoms with Crippen LogP contribution in [0.5, 0.6) is 0 Å². The Morgan fingerprint density at radius 3 is 2.62 bits per heavy atom. The van der Waals surface area contributed by atoms with Crippen molar-refractivity contribution in [2.24, 2.45) is 0 Å². The Bertz CT molecular complexity index is 317. The Balaban J connectivity index is 3.25. The topological polar surface area (TPSA) is 38.9 Å². The molecule has 0 radical (unpaired) electrons. The molecule has 0 bridgehead atoms. The number of hydrogen-bond donors (Lipinski definition) is 1. The van der Waals surface area contributed by atoms with Gasteiger partial charge in [0.1, 0.15) is 0 Å². The lowest BCUT2D eigenvalue weighted by Crippen LogP contribution is -2.03. The smallest absolute Gasteiger partial charge is 0.266 e. The van der Waals surface area contributed by atoms with Crippen LogP contribution in [0, 0.1) is 5.82 Å². The van der Waals surface area contributed by atoms with Crippen molar-refractivity contribution >= 4 is 17.4 Å². The van der Waals surface area contributed by atoms with Crippen LogP contribution >= 0.6 is 11.6 Å². The van der Waals surface area contributed by atoms with Gasteiger partial charge in [-0.1, -0.05) is 0 Å². The summed E-state index contributed by atoms with van der Waals surface area (Å²) in [4.78, 5) is 3.47. The van der Waals surface area contributed by atoms with Gasteiger partial charge in [0.15, 0.2) is 11.6 Å². The number of nitrogens with two attached hydrogens (primary N) is 1. The minimum atomic E-state index is -2.91. The van der Waals surface area contributed by atoms with E-state index in [1.54, 1.807) is 0 Å². The van der Waals surface area contributed by atoms with Crippen molar-refractivity contribution in [1.29, 1.82) is 0 Å². The van der Waals surface area contributed by atoms with Crippen molar-refractivity contribution in [2.45, 2.75) is 12.3 Å². The molecule has 6 heteroatoms. The van der Waals surface area contributed by atoms with E-state index in [4.69, 9.17) is 17.3 Å².